The van der Waals surface area contributed by atoms with Crippen LogP contribution in [0.3, 0.4) is 0 Å². The Balaban J connectivity index is 1.89. The maximum Gasteiger partial charge on any atom is 0.243 e. The van der Waals surface area contributed by atoms with Crippen LogP contribution in [0.2, 0.25) is 0 Å². The van der Waals surface area contributed by atoms with Crippen LogP contribution < -0.4 is 0 Å². The number of alkyl halides is 1. The average molecular weight is 314 g/mol. The summed E-state index contributed by atoms with van der Waals surface area (Å²) in [5, 5.41) is -0.0426. The molecule has 1 aromatic rings. The quantitative estimate of drug-likeness (QED) is 0.804. The number of aryl methyl sites for hydroxylation is 1. The van der Waals surface area contributed by atoms with Gasteiger partial charge in [-0.15, -0.1) is 11.6 Å². The molecule has 2 aliphatic rings. The molecule has 2 bridgehead atoms. The molecule has 0 radical (unpaired) electrons. The molecule has 0 heterocycles. The smallest absolute Gasteiger partial charge is 0.207 e. The molecule has 3 nitrogen and oxygen atoms in total. The van der Waals surface area contributed by atoms with Gasteiger partial charge in [-0.2, -0.15) is 4.31 Å². The van der Waals surface area contributed by atoms with Crippen molar-refractivity contribution >= 4 is 21.6 Å². The van der Waals surface area contributed by atoms with Crippen LogP contribution in [-0.4, -0.2) is 31.2 Å². The van der Waals surface area contributed by atoms with Gasteiger partial charge in [0.1, 0.15) is 0 Å². The summed E-state index contributed by atoms with van der Waals surface area (Å²) in [6, 6.07) is 6.97. The van der Waals surface area contributed by atoms with Crippen molar-refractivity contribution in [3.05, 3.63) is 29.8 Å². The van der Waals surface area contributed by atoms with Crippen LogP contribution in [0.25, 0.3) is 0 Å². The molecular weight excluding hydrogens is 294 g/mol. The third-order valence-electron chi connectivity index (χ3n) is 4.89. The minimum Gasteiger partial charge on any atom is -0.207 e. The molecule has 3 rings (SSSR count). The number of halogens is 1. The van der Waals surface area contributed by atoms with E-state index in [4.69, 9.17) is 11.6 Å². The van der Waals surface area contributed by atoms with E-state index in [1.165, 1.54) is 4.31 Å². The van der Waals surface area contributed by atoms with Crippen molar-refractivity contribution in [3.8, 4) is 0 Å². The molecule has 110 valence electrons. The van der Waals surface area contributed by atoms with Crippen molar-refractivity contribution in [1.82, 2.24) is 4.31 Å². The van der Waals surface area contributed by atoms with Crippen LogP contribution in [0.15, 0.2) is 29.2 Å². The first-order valence-corrected chi connectivity index (χ1v) is 8.97. The van der Waals surface area contributed by atoms with Gasteiger partial charge in [-0.3, -0.25) is 0 Å². The highest BCUT2D eigenvalue weighted by atomic mass is 35.5. The summed E-state index contributed by atoms with van der Waals surface area (Å²) in [6.45, 7) is 1.95. The van der Waals surface area contributed by atoms with Gasteiger partial charge in [-0.05, 0) is 50.2 Å². The first kappa shape index (κ1) is 14.4. The topological polar surface area (TPSA) is 37.4 Å². The van der Waals surface area contributed by atoms with E-state index in [0.717, 1.165) is 24.8 Å². The first-order valence-electron chi connectivity index (χ1n) is 7.10. The van der Waals surface area contributed by atoms with Gasteiger partial charge in [0, 0.05) is 13.1 Å². The first-order chi connectivity index (χ1) is 9.41. The zero-order valence-electron chi connectivity index (χ0n) is 11.8. The number of fused-ring (bicyclic) bond motifs is 2. The average Bonchev–Trinajstić information content (AvgIpc) is 2.99. The van der Waals surface area contributed by atoms with E-state index in [2.05, 4.69) is 0 Å². The van der Waals surface area contributed by atoms with Crippen LogP contribution >= 0.6 is 11.6 Å². The highest BCUT2D eigenvalue weighted by molar-refractivity contribution is 7.89. The van der Waals surface area contributed by atoms with Crippen molar-refractivity contribution < 1.29 is 8.42 Å². The predicted octanol–water partition coefficient (Wildman–Crippen LogP) is 3.02. The van der Waals surface area contributed by atoms with Crippen LogP contribution in [-0.2, 0) is 10.0 Å². The lowest BCUT2D eigenvalue weighted by Gasteiger charge is -2.33. The van der Waals surface area contributed by atoms with E-state index < -0.39 is 10.0 Å². The molecule has 0 N–H and O–H groups in total. The Morgan fingerprint density at radius 1 is 1.15 bits per heavy atom. The normalized spacial score (nSPS) is 33.0. The summed E-state index contributed by atoms with van der Waals surface area (Å²) in [5.41, 5.74) is 1.06. The minimum absolute atomic E-state index is 0.0426. The zero-order valence-corrected chi connectivity index (χ0v) is 13.4. The second-order valence-corrected chi connectivity index (χ2v) is 8.60. The van der Waals surface area contributed by atoms with Gasteiger partial charge in [0.05, 0.1) is 10.3 Å². The van der Waals surface area contributed by atoms with Crippen molar-refractivity contribution in [2.24, 2.45) is 11.8 Å². The Hall–Kier alpha value is -0.580. The summed E-state index contributed by atoms with van der Waals surface area (Å²) < 4.78 is 27.0. The molecule has 1 aromatic carbocycles. The molecule has 2 aliphatic carbocycles. The van der Waals surface area contributed by atoms with Crippen LogP contribution in [0.1, 0.15) is 24.8 Å². The molecule has 4 atom stereocenters. The fourth-order valence-corrected chi connectivity index (χ4v) is 5.83. The van der Waals surface area contributed by atoms with Gasteiger partial charge >= 0.3 is 0 Å². The summed E-state index contributed by atoms with van der Waals surface area (Å²) in [6.07, 6.45) is 3.33. The van der Waals surface area contributed by atoms with Crippen molar-refractivity contribution in [2.45, 2.75) is 42.5 Å². The highest BCUT2D eigenvalue weighted by Gasteiger charge is 2.50. The van der Waals surface area contributed by atoms with E-state index in [1.54, 1.807) is 19.2 Å². The van der Waals surface area contributed by atoms with Crippen molar-refractivity contribution in [3.63, 3.8) is 0 Å². The van der Waals surface area contributed by atoms with Gasteiger partial charge in [0.2, 0.25) is 10.0 Å². The lowest BCUT2D eigenvalue weighted by molar-refractivity contribution is 0.271. The molecular formula is C15H20ClNO2S. The maximum absolute atomic E-state index is 12.7. The Bertz CT molecular complexity index is 597. The zero-order chi connectivity index (χ0) is 14.5. The lowest BCUT2D eigenvalue weighted by atomic mass is 9.95. The number of hydrogen-bond acceptors (Lipinski definition) is 2. The van der Waals surface area contributed by atoms with E-state index >= 15 is 0 Å². The van der Waals surface area contributed by atoms with Crippen LogP contribution in [0.5, 0.6) is 0 Å². The van der Waals surface area contributed by atoms with E-state index in [-0.39, 0.29) is 11.4 Å². The second-order valence-electron chi connectivity index (χ2n) is 6.10. The summed E-state index contributed by atoms with van der Waals surface area (Å²) >= 11 is 6.48. The molecule has 20 heavy (non-hydrogen) atoms. The SMILES string of the molecule is Cc1ccc(S(=O)(=O)N(C)C2C3CCC(C3)C2Cl)cc1. The van der Waals surface area contributed by atoms with E-state index in [9.17, 15) is 8.42 Å². The minimum atomic E-state index is -3.45. The summed E-state index contributed by atoms with van der Waals surface area (Å²) in [5.74, 6) is 0.912. The highest BCUT2D eigenvalue weighted by Crippen LogP contribution is 2.49. The third-order valence-corrected chi connectivity index (χ3v) is 7.38. The number of sulfonamides is 1. The third kappa shape index (κ3) is 2.18. The Morgan fingerprint density at radius 2 is 1.75 bits per heavy atom. The molecule has 2 fully saturated rings. The Labute approximate surface area is 126 Å². The maximum atomic E-state index is 12.7. The fraction of sp³-hybridized carbons (Fsp3) is 0.600. The monoisotopic (exact) mass is 313 g/mol. The van der Waals surface area contributed by atoms with Gasteiger partial charge in [-0.1, -0.05) is 17.7 Å². The molecule has 0 spiro atoms. The van der Waals surface area contributed by atoms with Crippen molar-refractivity contribution in [1.29, 1.82) is 0 Å². The molecule has 0 amide bonds. The molecule has 5 heteroatoms. The number of hydrogen-bond donors (Lipinski definition) is 0. The van der Waals surface area contributed by atoms with Gasteiger partial charge in [0.25, 0.3) is 0 Å². The number of benzene rings is 1. The fourth-order valence-electron chi connectivity index (χ4n) is 3.73. The lowest BCUT2D eigenvalue weighted by Crippen LogP contribution is -2.45. The van der Waals surface area contributed by atoms with Gasteiger partial charge in [-0.25, -0.2) is 8.42 Å². The Morgan fingerprint density at radius 3 is 2.30 bits per heavy atom. The molecule has 4 unspecified atom stereocenters. The number of nitrogens with zero attached hydrogens (tertiary/aromatic N) is 1. The summed E-state index contributed by atoms with van der Waals surface area (Å²) in [7, 11) is -1.77. The second kappa shape index (κ2) is 5.00. The largest absolute Gasteiger partial charge is 0.243 e. The number of rotatable bonds is 3. The summed E-state index contributed by atoms with van der Waals surface area (Å²) in [4.78, 5) is 0.359. The van der Waals surface area contributed by atoms with Crippen molar-refractivity contribution in [2.75, 3.05) is 7.05 Å². The molecule has 0 aliphatic heterocycles. The Kier molecular flexibility index (Phi) is 3.59. The molecule has 0 aromatic heterocycles. The van der Waals surface area contributed by atoms with E-state index in [0.29, 0.717) is 16.7 Å². The molecule has 2 saturated carbocycles. The van der Waals surface area contributed by atoms with Crippen LogP contribution in [0, 0.1) is 18.8 Å². The van der Waals surface area contributed by atoms with Gasteiger partial charge < -0.3 is 0 Å². The predicted molar refractivity (Wildman–Crippen MR) is 80.4 cm³/mol. The molecule has 0 saturated heterocycles. The standard InChI is InChI=1S/C15H20ClNO2S/c1-10-3-7-13(8-4-10)20(18,19)17(2)15-12-6-5-11(9-12)14(15)16/h3-4,7-8,11-12,14-15H,5-6,9H2,1-2H3. The van der Waals surface area contributed by atoms with Crippen LogP contribution in [0.4, 0.5) is 0 Å². The van der Waals surface area contributed by atoms with E-state index in [1.807, 2.05) is 19.1 Å². The van der Waals surface area contributed by atoms with Gasteiger partial charge in [0.15, 0.2) is 0 Å².